The fourth-order valence-electron chi connectivity index (χ4n) is 3.33. The summed E-state index contributed by atoms with van der Waals surface area (Å²) in [6.45, 7) is 2.76. The number of sulfone groups is 1. The van der Waals surface area contributed by atoms with Gasteiger partial charge in [-0.15, -0.1) is 0 Å². The maximum Gasteiger partial charge on any atom is 0.227 e. The zero-order valence-corrected chi connectivity index (χ0v) is 14.2. The molecule has 1 aromatic heterocycles. The Bertz CT molecular complexity index is 752. The zero-order chi connectivity index (χ0) is 17.3. The van der Waals surface area contributed by atoms with Gasteiger partial charge in [-0.3, -0.25) is 14.6 Å². The summed E-state index contributed by atoms with van der Waals surface area (Å²) in [7, 11) is -2.89. The Morgan fingerprint density at radius 3 is 2.54 bits per heavy atom. The average Bonchev–Trinajstić information content (AvgIpc) is 2.92. The molecule has 0 spiro atoms. The van der Waals surface area contributed by atoms with E-state index in [0.717, 1.165) is 19.2 Å². The second-order valence-electron chi connectivity index (χ2n) is 6.38. The van der Waals surface area contributed by atoms with Crippen molar-refractivity contribution in [2.24, 2.45) is 0 Å². The normalized spacial score (nSPS) is 25.1. The van der Waals surface area contributed by atoms with Gasteiger partial charge in [-0.1, -0.05) is 0 Å². The van der Waals surface area contributed by atoms with Gasteiger partial charge in [0.15, 0.2) is 15.6 Å². The molecule has 8 nitrogen and oxygen atoms in total. The van der Waals surface area contributed by atoms with Crippen molar-refractivity contribution < 1.29 is 23.0 Å². The summed E-state index contributed by atoms with van der Waals surface area (Å²) in [5.74, 6) is 0.370. The van der Waals surface area contributed by atoms with E-state index in [9.17, 15) is 18.3 Å². The predicted octanol–water partition coefficient (Wildman–Crippen LogP) is -0.858. The molecule has 1 atom stereocenters. The van der Waals surface area contributed by atoms with E-state index in [0.29, 0.717) is 19.5 Å². The Labute approximate surface area is 140 Å². The molecule has 134 valence electrons. The number of piperazine rings is 1. The minimum atomic E-state index is -2.89. The van der Waals surface area contributed by atoms with Gasteiger partial charge >= 0.3 is 0 Å². The molecule has 2 saturated heterocycles. The minimum absolute atomic E-state index is 0.0983. The summed E-state index contributed by atoms with van der Waals surface area (Å²) in [6.07, 6.45) is 0.691. The lowest BCUT2D eigenvalue weighted by Gasteiger charge is -2.37. The van der Waals surface area contributed by atoms with Crippen LogP contribution in [0.5, 0.6) is 5.75 Å². The van der Waals surface area contributed by atoms with E-state index < -0.39 is 27.6 Å². The summed E-state index contributed by atoms with van der Waals surface area (Å²) < 4.78 is 28.5. The lowest BCUT2D eigenvalue weighted by molar-refractivity contribution is 0.0927. The highest BCUT2D eigenvalue weighted by Gasteiger charge is 2.33. The van der Waals surface area contributed by atoms with Crippen LogP contribution in [0.4, 0.5) is 0 Å². The molecule has 2 fully saturated rings. The molecular weight excluding hydrogens is 336 g/mol. The third-order valence-corrected chi connectivity index (χ3v) is 6.45. The van der Waals surface area contributed by atoms with Gasteiger partial charge in [-0.05, 0) is 6.42 Å². The first-order chi connectivity index (χ1) is 11.4. The zero-order valence-electron chi connectivity index (χ0n) is 13.3. The van der Waals surface area contributed by atoms with Gasteiger partial charge in [0.25, 0.3) is 0 Å². The van der Waals surface area contributed by atoms with Gasteiger partial charge in [0, 0.05) is 38.3 Å². The van der Waals surface area contributed by atoms with Crippen LogP contribution in [0.3, 0.4) is 0 Å². The van der Waals surface area contributed by atoms with Crippen LogP contribution in [0.25, 0.3) is 0 Å². The highest BCUT2D eigenvalue weighted by Crippen LogP contribution is 2.21. The summed E-state index contributed by atoms with van der Waals surface area (Å²) in [5, 5.41) is 18.9. The summed E-state index contributed by atoms with van der Waals surface area (Å²) in [5.41, 5.74) is -0.560. The van der Waals surface area contributed by atoms with Gasteiger partial charge in [-0.25, -0.2) is 8.42 Å². The topological polar surface area (TPSA) is 111 Å². The van der Waals surface area contributed by atoms with Crippen molar-refractivity contribution >= 4 is 9.84 Å². The Hall–Kier alpha value is -1.42. The van der Waals surface area contributed by atoms with E-state index in [1.54, 1.807) is 0 Å². The molecule has 2 aliphatic rings. The van der Waals surface area contributed by atoms with Crippen molar-refractivity contribution in [3.63, 3.8) is 0 Å². The van der Waals surface area contributed by atoms with E-state index in [-0.39, 0.29) is 35.6 Å². The van der Waals surface area contributed by atoms with Crippen molar-refractivity contribution in [3.05, 3.63) is 27.8 Å². The molecule has 24 heavy (non-hydrogen) atoms. The molecule has 0 saturated carbocycles. The molecule has 0 radical (unpaired) electrons. The molecule has 3 rings (SSSR count). The van der Waals surface area contributed by atoms with Gasteiger partial charge in [0.1, 0.15) is 12.4 Å². The molecular formula is C15H22N2O6S. The number of aromatic hydroxyl groups is 1. The fraction of sp³-hybridized carbons (Fsp3) is 0.667. The standard InChI is InChI=1S/C15H22N2O6S/c18-9-12-7-13(19)15(20)14(23-12)8-16-2-4-17(5-3-16)11-1-6-24(21,22)10-11/h7,11,18,20H,1-6,8-10H2/t11-/m0/s1. The third kappa shape index (κ3) is 3.80. The van der Waals surface area contributed by atoms with Crippen LogP contribution >= 0.6 is 0 Å². The lowest BCUT2D eigenvalue weighted by Crippen LogP contribution is -2.50. The average molecular weight is 358 g/mol. The number of aliphatic hydroxyl groups is 1. The number of aliphatic hydroxyl groups excluding tert-OH is 1. The summed E-state index contributed by atoms with van der Waals surface area (Å²) in [4.78, 5) is 15.9. The number of hydrogen-bond donors (Lipinski definition) is 2. The largest absolute Gasteiger partial charge is 0.502 e. The van der Waals surface area contributed by atoms with E-state index in [4.69, 9.17) is 9.52 Å². The van der Waals surface area contributed by atoms with Crippen molar-refractivity contribution in [2.45, 2.75) is 25.6 Å². The Morgan fingerprint density at radius 1 is 1.25 bits per heavy atom. The predicted molar refractivity (Wildman–Crippen MR) is 86.5 cm³/mol. The maximum absolute atomic E-state index is 11.6. The third-order valence-electron chi connectivity index (χ3n) is 4.70. The van der Waals surface area contributed by atoms with Gasteiger partial charge in [-0.2, -0.15) is 0 Å². The van der Waals surface area contributed by atoms with Crippen molar-refractivity contribution in [2.75, 3.05) is 37.7 Å². The highest BCUT2D eigenvalue weighted by molar-refractivity contribution is 7.91. The Morgan fingerprint density at radius 2 is 1.96 bits per heavy atom. The Balaban J connectivity index is 1.60. The van der Waals surface area contributed by atoms with Crippen LogP contribution in [0.2, 0.25) is 0 Å². The second kappa shape index (κ2) is 6.83. The maximum atomic E-state index is 11.6. The quantitative estimate of drug-likeness (QED) is 0.715. The minimum Gasteiger partial charge on any atom is -0.502 e. The van der Waals surface area contributed by atoms with Gasteiger partial charge in [0.2, 0.25) is 11.2 Å². The monoisotopic (exact) mass is 358 g/mol. The summed E-state index contributed by atoms with van der Waals surface area (Å²) in [6, 6.07) is 1.18. The van der Waals surface area contributed by atoms with Crippen molar-refractivity contribution in [1.29, 1.82) is 0 Å². The summed E-state index contributed by atoms with van der Waals surface area (Å²) >= 11 is 0. The molecule has 2 aliphatic heterocycles. The van der Waals surface area contributed by atoms with Crippen molar-refractivity contribution in [3.8, 4) is 5.75 Å². The number of hydrogen-bond acceptors (Lipinski definition) is 8. The second-order valence-corrected chi connectivity index (χ2v) is 8.60. The van der Waals surface area contributed by atoms with Gasteiger partial charge < -0.3 is 14.6 Å². The van der Waals surface area contributed by atoms with Crippen LogP contribution in [-0.2, 0) is 23.0 Å². The van der Waals surface area contributed by atoms with Gasteiger partial charge in [0.05, 0.1) is 18.1 Å². The van der Waals surface area contributed by atoms with Crippen LogP contribution in [0.1, 0.15) is 17.9 Å². The molecule has 9 heteroatoms. The smallest absolute Gasteiger partial charge is 0.227 e. The van der Waals surface area contributed by atoms with E-state index in [1.807, 2.05) is 4.90 Å². The molecule has 1 aromatic rings. The van der Waals surface area contributed by atoms with E-state index in [1.165, 1.54) is 0 Å². The SMILES string of the molecule is O=c1cc(CO)oc(CN2CCN([C@H]3CCS(=O)(=O)C3)CC2)c1O. The molecule has 3 heterocycles. The van der Waals surface area contributed by atoms with Crippen LogP contribution in [-0.4, -0.2) is 72.2 Å². The first-order valence-electron chi connectivity index (χ1n) is 8.00. The first kappa shape index (κ1) is 17.4. The number of nitrogens with zero attached hydrogens (tertiary/aromatic N) is 2. The molecule has 0 aliphatic carbocycles. The molecule has 0 bridgehead atoms. The lowest BCUT2D eigenvalue weighted by atomic mass is 10.2. The molecule has 0 unspecified atom stereocenters. The van der Waals surface area contributed by atoms with Crippen LogP contribution in [0.15, 0.2) is 15.3 Å². The van der Waals surface area contributed by atoms with Crippen molar-refractivity contribution in [1.82, 2.24) is 9.80 Å². The van der Waals surface area contributed by atoms with E-state index in [2.05, 4.69) is 4.90 Å². The molecule has 0 aromatic carbocycles. The molecule has 0 amide bonds. The van der Waals surface area contributed by atoms with Crippen LogP contribution in [0, 0.1) is 0 Å². The number of rotatable bonds is 4. The fourth-order valence-corrected chi connectivity index (χ4v) is 5.09. The Kier molecular flexibility index (Phi) is 4.95. The highest BCUT2D eigenvalue weighted by atomic mass is 32.2. The molecule has 2 N–H and O–H groups in total. The van der Waals surface area contributed by atoms with E-state index >= 15 is 0 Å². The first-order valence-corrected chi connectivity index (χ1v) is 9.82. The van der Waals surface area contributed by atoms with Crippen LogP contribution < -0.4 is 5.43 Å².